The fraction of sp³-hybridized carbons (Fsp3) is 0.357. The van der Waals surface area contributed by atoms with Gasteiger partial charge in [-0.3, -0.25) is 4.79 Å². The van der Waals surface area contributed by atoms with Crippen molar-refractivity contribution in [2.45, 2.75) is 32.1 Å². The van der Waals surface area contributed by atoms with Gasteiger partial charge in [0.1, 0.15) is 0 Å². The van der Waals surface area contributed by atoms with Crippen molar-refractivity contribution in [1.82, 2.24) is 4.98 Å². The average Bonchev–Trinajstić information content (AvgIpc) is 2.72. The van der Waals surface area contributed by atoms with Crippen molar-refractivity contribution in [1.29, 1.82) is 0 Å². The zero-order valence-corrected chi connectivity index (χ0v) is 11.6. The standard InChI is InChI=1S/C14H15BrN2O/c15-10-6-5-8(7-12(16)18)14-13(10)9-3-1-2-4-11(9)17-14/h5-6,17H,1-4,7H2,(H2,16,18). The highest BCUT2D eigenvalue weighted by atomic mass is 79.9. The lowest BCUT2D eigenvalue weighted by molar-refractivity contribution is -0.117. The number of hydrogen-bond acceptors (Lipinski definition) is 1. The fourth-order valence-corrected chi connectivity index (χ4v) is 3.43. The average molecular weight is 307 g/mol. The summed E-state index contributed by atoms with van der Waals surface area (Å²) in [5, 5.41) is 1.24. The summed E-state index contributed by atoms with van der Waals surface area (Å²) in [5.74, 6) is -0.286. The normalized spacial score (nSPS) is 14.7. The van der Waals surface area contributed by atoms with Gasteiger partial charge in [-0.05, 0) is 42.9 Å². The lowest BCUT2D eigenvalue weighted by atomic mass is 9.95. The van der Waals surface area contributed by atoms with Gasteiger partial charge in [0.15, 0.2) is 0 Å². The maximum Gasteiger partial charge on any atom is 0.221 e. The molecule has 0 atom stereocenters. The van der Waals surface area contributed by atoms with Gasteiger partial charge in [-0.15, -0.1) is 0 Å². The summed E-state index contributed by atoms with van der Waals surface area (Å²) in [6, 6.07) is 3.99. The minimum atomic E-state index is -0.286. The molecule has 1 aromatic carbocycles. The third kappa shape index (κ3) is 1.85. The Morgan fingerprint density at radius 1 is 1.33 bits per heavy atom. The highest BCUT2D eigenvalue weighted by Crippen LogP contribution is 2.35. The van der Waals surface area contributed by atoms with E-state index < -0.39 is 0 Å². The van der Waals surface area contributed by atoms with E-state index in [1.807, 2.05) is 12.1 Å². The van der Waals surface area contributed by atoms with Crippen LogP contribution in [0.5, 0.6) is 0 Å². The molecule has 1 aliphatic rings. The van der Waals surface area contributed by atoms with E-state index >= 15 is 0 Å². The largest absolute Gasteiger partial charge is 0.369 e. The number of primary amides is 1. The van der Waals surface area contributed by atoms with Crippen LogP contribution < -0.4 is 5.73 Å². The molecule has 1 heterocycles. The molecule has 94 valence electrons. The molecule has 0 aliphatic heterocycles. The van der Waals surface area contributed by atoms with Crippen LogP contribution in [-0.4, -0.2) is 10.9 Å². The second kappa shape index (κ2) is 4.43. The van der Waals surface area contributed by atoms with Gasteiger partial charge in [-0.2, -0.15) is 0 Å². The smallest absolute Gasteiger partial charge is 0.221 e. The number of nitrogens with two attached hydrogens (primary N) is 1. The van der Waals surface area contributed by atoms with Crippen LogP contribution >= 0.6 is 15.9 Å². The first-order valence-electron chi connectivity index (χ1n) is 6.26. The molecule has 0 saturated carbocycles. The highest BCUT2D eigenvalue weighted by molar-refractivity contribution is 9.10. The van der Waals surface area contributed by atoms with E-state index in [9.17, 15) is 4.79 Å². The summed E-state index contributed by atoms with van der Waals surface area (Å²) >= 11 is 3.62. The third-order valence-electron chi connectivity index (χ3n) is 3.65. The Morgan fingerprint density at radius 2 is 2.11 bits per heavy atom. The van der Waals surface area contributed by atoms with Gasteiger partial charge < -0.3 is 10.7 Å². The Labute approximate surface area is 114 Å². The summed E-state index contributed by atoms with van der Waals surface area (Å²) < 4.78 is 1.10. The van der Waals surface area contributed by atoms with E-state index in [0.29, 0.717) is 6.42 Å². The quantitative estimate of drug-likeness (QED) is 0.880. The number of aromatic nitrogens is 1. The molecule has 0 radical (unpaired) electrons. The zero-order chi connectivity index (χ0) is 12.7. The molecule has 2 aromatic rings. The van der Waals surface area contributed by atoms with Crippen molar-refractivity contribution in [3.05, 3.63) is 33.4 Å². The number of amides is 1. The minimum Gasteiger partial charge on any atom is -0.369 e. The maximum absolute atomic E-state index is 11.1. The SMILES string of the molecule is NC(=O)Cc1ccc(Br)c2c3c([nH]c12)CCCC3. The zero-order valence-electron chi connectivity index (χ0n) is 10.1. The Morgan fingerprint density at radius 3 is 2.89 bits per heavy atom. The predicted molar refractivity (Wildman–Crippen MR) is 75.5 cm³/mol. The van der Waals surface area contributed by atoms with Gasteiger partial charge in [-0.1, -0.05) is 22.0 Å². The molecule has 0 bridgehead atoms. The van der Waals surface area contributed by atoms with E-state index in [-0.39, 0.29) is 5.91 Å². The number of fused-ring (bicyclic) bond motifs is 3. The van der Waals surface area contributed by atoms with E-state index in [4.69, 9.17) is 5.73 Å². The fourth-order valence-electron chi connectivity index (χ4n) is 2.86. The Balaban J connectivity index is 2.25. The van der Waals surface area contributed by atoms with Crippen LogP contribution in [0.15, 0.2) is 16.6 Å². The van der Waals surface area contributed by atoms with Gasteiger partial charge in [0.2, 0.25) is 5.91 Å². The number of carbonyl (C=O) groups excluding carboxylic acids is 1. The van der Waals surface area contributed by atoms with Crippen molar-refractivity contribution in [3.8, 4) is 0 Å². The first kappa shape index (κ1) is 11.8. The second-order valence-electron chi connectivity index (χ2n) is 4.89. The predicted octanol–water partition coefficient (Wildman–Crippen LogP) is 2.84. The number of aryl methyl sites for hydroxylation is 2. The topological polar surface area (TPSA) is 58.9 Å². The summed E-state index contributed by atoms with van der Waals surface area (Å²) in [6.07, 6.45) is 5.00. The number of halogens is 1. The van der Waals surface area contributed by atoms with Gasteiger partial charge in [0.05, 0.1) is 11.9 Å². The molecular formula is C14H15BrN2O. The Kier molecular flexibility index (Phi) is 2.90. The van der Waals surface area contributed by atoms with Gasteiger partial charge >= 0.3 is 0 Å². The lowest BCUT2D eigenvalue weighted by Gasteiger charge is -2.10. The molecule has 3 nitrogen and oxygen atoms in total. The van der Waals surface area contributed by atoms with Crippen LogP contribution in [0, 0.1) is 0 Å². The molecule has 0 saturated heterocycles. The van der Waals surface area contributed by atoms with Crippen LogP contribution in [0.1, 0.15) is 29.7 Å². The molecule has 1 amide bonds. The van der Waals surface area contributed by atoms with Gasteiger partial charge in [-0.25, -0.2) is 0 Å². The molecule has 0 spiro atoms. The Hall–Kier alpha value is -1.29. The van der Waals surface area contributed by atoms with Crippen LogP contribution in [0.2, 0.25) is 0 Å². The molecule has 1 aliphatic carbocycles. The van der Waals surface area contributed by atoms with Crippen molar-refractivity contribution in [2.24, 2.45) is 5.73 Å². The first-order chi connectivity index (χ1) is 8.66. The maximum atomic E-state index is 11.1. The molecule has 1 aromatic heterocycles. The summed E-state index contributed by atoms with van der Waals surface area (Å²) in [4.78, 5) is 14.6. The summed E-state index contributed by atoms with van der Waals surface area (Å²) in [5.41, 5.74) is 10.1. The number of nitrogens with one attached hydrogen (secondary N) is 1. The molecule has 3 rings (SSSR count). The minimum absolute atomic E-state index is 0.286. The van der Waals surface area contributed by atoms with Gasteiger partial charge in [0.25, 0.3) is 0 Å². The third-order valence-corrected chi connectivity index (χ3v) is 4.31. The van der Waals surface area contributed by atoms with E-state index in [2.05, 4.69) is 20.9 Å². The second-order valence-corrected chi connectivity index (χ2v) is 5.74. The number of hydrogen-bond donors (Lipinski definition) is 2. The lowest BCUT2D eigenvalue weighted by Crippen LogP contribution is -2.13. The van der Waals surface area contributed by atoms with Crippen molar-refractivity contribution < 1.29 is 4.79 Å². The molecular weight excluding hydrogens is 292 g/mol. The molecule has 4 heteroatoms. The van der Waals surface area contributed by atoms with Gasteiger partial charge in [0, 0.05) is 15.6 Å². The van der Waals surface area contributed by atoms with Crippen molar-refractivity contribution >= 4 is 32.7 Å². The first-order valence-corrected chi connectivity index (χ1v) is 7.05. The van der Waals surface area contributed by atoms with E-state index in [0.717, 1.165) is 28.4 Å². The molecule has 18 heavy (non-hydrogen) atoms. The molecule has 0 unspecified atom stereocenters. The highest BCUT2D eigenvalue weighted by Gasteiger charge is 2.19. The van der Waals surface area contributed by atoms with Crippen LogP contribution in [-0.2, 0) is 24.1 Å². The van der Waals surface area contributed by atoms with Crippen molar-refractivity contribution in [2.75, 3.05) is 0 Å². The number of H-pyrrole nitrogens is 1. The van der Waals surface area contributed by atoms with Crippen LogP contribution in [0.25, 0.3) is 10.9 Å². The van der Waals surface area contributed by atoms with Crippen LogP contribution in [0.4, 0.5) is 0 Å². The Bertz CT molecular complexity index is 630. The molecule has 3 N–H and O–H groups in total. The van der Waals surface area contributed by atoms with Crippen molar-refractivity contribution in [3.63, 3.8) is 0 Å². The monoisotopic (exact) mass is 306 g/mol. The van der Waals surface area contributed by atoms with E-state index in [1.165, 1.54) is 29.5 Å². The summed E-state index contributed by atoms with van der Waals surface area (Å²) in [6.45, 7) is 0. The van der Waals surface area contributed by atoms with E-state index in [1.54, 1.807) is 0 Å². The molecule has 0 fully saturated rings. The van der Waals surface area contributed by atoms with Crippen LogP contribution in [0.3, 0.4) is 0 Å². The summed E-state index contributed by atoms with van der Waals surface area (Å²) in [7, 11) is 0. The number of carbonyl (C=O) groups is 1. The number of benzene rings is 1. The number of rotatable bonds is 2. The number of aromatic amines is 1.